The van der Waals surface area contributed by atoms with Gasteiger partial charge >= 0.3 is 0 Å². The number of hydrogen-bond donors (Lipinski definition) is 1. The van der Waals surface area contributed by atoms with Crippen molar-refractivity contribution in [3.8, 4) is 0 Å². The highest BCUT2D eigenvalue weighted by molar-refractivity contribution is 9.10. The first-order chi connectivity index (χ1) is 8.06. The number of benzene rings is 1. The monoisotopic (exact) mass is 296 g/mol. The summed E-state index contributed by atoms with van der Waals surface area (Å²) < 4.78 is 0.771. The van der Waals surface area contributed by atoms with Crippen LogP contribution in [0.1, 0.15) is 23.2 Å². The molecule has 0 heterocycles. The van der Waals surface area contributed by atoms with E-state index in [1.54, 1.807) is 30.1 Å². The van der Waals surface area contributed by atoms with E-state index in [2.05, 4.69) is 22.5 Å². The number of carbonyl (C=O) groups excluding carboxylic acids is 1. The Labute approximate surface area is 110 Å². The average Bonchev–Trinajstić information content (AvgIpc) is 2.31. The van der Waals surface area contributed by atoms with Crippen molar-refractivity contribution in [1.82, 2.24) is 4.90 Å². The maximum Gasteiger partial charge on any atom is 0.254 e. The van der Waals surface area contributed by atoms with E-state index >= 15 is 0 Å². The lowest BCUT2D eigenvalue weighted by Crippen LogP contribution is -2.28. The van der Waals surface area contributed by atoms with Gasteiger partial charge in [0.1, 0.15) is 0 Å². The molecule has 1 aromatic rings. The van der Waals surface area contributed by atoms with Crippen LogP contribution in [0.2, 0.25) is 0 Å². The lowest BCUT2D eigenvalue weighted by atomic mass is 10.1. The van der Waals surface area contributed by atoms with Gasteiger partial charge in [-0.25, -0.2) is 0 Å². The zero-order valence-corrected chi connectivity index (χ0v) is 11.5. The van der Waals surface area contributed by atoms with Crippen LogP contribution < -0.4 is 5.73 Å². The van der Waals surface area contributed by atoms with Gasteiger partial charge in [0.05, 0.1) is 5.56 Å². The summed E-state index contributed by atoms with van der Waals surface area (Å²) in [6.45, 7) is 4.37. The molecule has 0 saturated heterocycles. The normalized spacial score (nSPS) is 10.0. The summed E-state index contributed by atoms with van der Waals surface area (Å²) in [6.07, 6.45) is 3.69. The number of hydrogen-bond acceptors (Lipinski definition) is 2. The molecule has 0 saturated carbocycles. The number of nitrogens with zero attached hydrogens (tertiary/aromatic N) is 1. The maximum atomic E-state index is 12.1. The number of allylic oxidation sites excluding steroid dienone is 1. The molecular formula is C13H17BrN2O. The van der Waals surface area contributed by atoms with Crippen LogP contribution in [0.4, 0.5) is 5.69 Å². The minimum Gasteiger partial charge on any atom is -0.399 e. The van der Waals surface area contributed by atoms with E-state index in [1.165, 1.54) is 0 Å². The van der Waals surface area contributed by atoms with Crippen molar-refractivity contribution in [1.29, 1.82) is 0 Å². The summed E-state index contributed by atoms with van der Waals surface area (Å²) in [5, 5.41) is 0. The Balaban J connectivity index is 2.74. The molecule has 3 nitrogen and oxygen atoms in total. The summed E-state index contributed by atoms with van der Waals surface area (Å²) in [4.78, 5) is 13.8. The van der Waals surface area contributed by atoms with Crippen LogP contribution in [-0.4, -0.2) is 24.4 Å². The third-order valence-corrected chi connectivity index (χ3v) is 3.16. The van der Waals surface area contributed by atoms with Gasteiger partial charge in [-0.15, -0.1) is 6.58 Å². The van der Waals surface area contributed by atoms with Crippen molar-refractivity contribution >= 4 is 27.5 Å². The van der Waals surface area contributed by atoms with Gasteiger partial charge in [0.2, 0.25) is 0 Å². The van der Waals surface area contributed by atoms with Crippen molar-refractivity contribution in [3.63, 3.8) is 0 Å². The predicted octanol–water partition coefficient (Wildman–Crippen LogP) is 3.07. The summed E-state index contributed by atoms with van der Waals surface area (Å²) in [6, 6.07) is 5.25. The Morgan fingerprint density at radius 1 is 1.59 bits per heavy atom. The highest BCUT2D eigenvalue weighted by Gasteiger charge is 2.14. The lowest BCUT2D eigenvalue weighted by Gasteiger charge is -2.17. The van der Waals surface area contributed by atoms with Gasteiger partial charge in [0, 0.05) is 23.8 Å². The fraction of sp³-hybridized carbons (Fsp3) is 0.308. The standard InChI is InChI=1S/C13H17BrN2O/c1-3-4-5-8-16(2)13(17)11-9-10(15)6-7-12(11)14/h3,6-7,9H,1,4-5,8,15H2,2H3. The van der Waals surface area contributed by atoms with Crippen LogP contribution >= 0.6 is 15.9 Å². The first-order valence-electron chi connectivity index (χ1n) is 5.47. The van der Waals surface area contributed by atoms with Gasteiger partial charge < -0.3 is 10.6 Å². The molecule has 1 aromatic carbocycles. The molecule has 0 aliphatic carbocycles. The van der Waals surface area contributed by atoms with Gasteiger partial charge in [-0.05, 0) is 47.0 Å². The average molecular weight is 297 g/mol. The highest BCUT2D eigenvalue weighted by atomic mass is 79.9. The highest BCUT2D eigenvalue weighted by Crippen LogP contribution is 2.21. The fourth-order valence-electron chi connectivity index (χ4n) is 1.49. The van der Waals surface area contributed by atoms with Crippen LogP contribution in [-0.2, 0) is 0 Å². The molecular weight excluding hydrogens is 280 g/mol. The zero-order chi connectivity index (χ0) is 12.8. The van der Waals surface area contributed by atoms with E-state index in [4.69, 9.17) is 5.73 Å². The molecule has 2 N–H and O–H groups in total. The first kappa shape index (κ1) is 13.8. The van der Waals surface area contributed by atoms with Crippen LogP contribution in [0, 0.1) is 0 Å². The smallest absolute Gasteiger partial charge is 0.254 e. The number of rotatable bonds is 5. The number of halogens is 1. The number of nitrogens with two attached hydrogens (primary N) is 1. The summed E-state index contributed by atoms with van der Waals surface area (Å²) in [7, 11) is 1.79. The van der Waals surface area contributed by atoms with Crippen LogP contribution in [0.25, 0.3) is 0 Å². The molecule has 0 atom stereocenters. The zero-order valence-electron chi connectivity index (χ0n) is 9.95. The van der Waals surface area contributed by atoms with Crippen LogP contribution in [0.3, 0.4) is 0 Å². The van der Waals surface area contributed by atoms with Crippen molar-refractivity contribution in [2.75, 3.05) is 19.3 Å². The number of amides is 1. The van der Waals surface area contributed by atoms with Crippen molar-refractivity contribution in [2.45, 2.75) is 12.8 Å². The van der Waals surface area contributed by atoms with Crippen molar-refractivity contribution in [3.05, 3.63) is 40.9 Å². The van der Waals surface area contributed by atoms with Gasteiger partial charge in [0.25, 0.3) is 5.91 Å². The molecule has 0 aliphatic heterocycles. The Morgan fingerprint density at radius 2 is 2.29 bits per heavy atom. The molecule has 1 amide bonds. The number of unbranched alkanes of at least 4 members (excludes halogenated alkanes) is 1. The molecule has 0 aromatic heterocycles. The molecule has 0 radical (unpaired) electrons. The molecule has 17 heavy (non-hydrogen) atoms. The largest absolute Gasteiger partial charge is 0.399 e. The molecule has 0 bridgehead atoms. The van der Waals surface area contributed by atoms with Crippen molar-refractivity contribution in [2.24, 2.45) is 0 Å². The second-order valence-corrected chi connectivity index (χ2v) is 4.75. The fourth-order valence-corrected chi connectivity index (χ4v) is 1.90. The Hall–Kier alpha value is -1.29. The topological polar surface area (TPSA) is 46.3 Å². The molecule has 92 valence electrons. The third-order valence-electron chi connectivity index (χ3n) is 2.47. The molecule has 0 unspecified atom stereocenters. The molecule has 0 spiro atoms. The van der Waals surface area contributed by atoms with E-state index in [0.29, 0.717) is 17.8 Å². The minimum atomic E-state index is -0.0202. The van der Waals surface area contributed by atoms with Crippen LogP contribution in [0.15, 0.2) is 35.3 Å². The number of carbonyl (C=O) groups is 1. The van der Waals surface area contributed by atoms with E-state index in [1.807, 2.05) is 6.08 Å². The van der Waals surface area contributed by atoms with Crippen LogP contribution in [0.5, 0.6) is 0 Å². The number of anilines is 1. The van der Waals surface area contributed by atoms with E-state index in [9.17, 15) is 4.79 Å². The number of nitrogen functional groups attached to an aromatic ring is 1. The van der Waals surface area contributed by atoms with Gasteiger partial charge in [-0.1, -0.05) is 6.08 Å². The Kier molecular flexibility index (Phi) is 5.22. The Morgan fingerprint density at radius 3 is 2.94 bits per heavy atom. The summed E-state index contributed by atoms with van der Waals surface area (Å²) >= 11 is 3.36. The van der Waals surface area contributed by atoms with Crippen molar-refractivity contribution < 1.29 is 4.79 Å². The summed E-state index contributed by atoms with van der Waals surface area (Å²) in [5.74, 6) is -0.0202. The minimum absolute atomic E-state index is 0.0202. The third kappa shape index (κ3) is 3.89. The van der Waals surface area contributed by atoms with Gasteiger partial charge in [-0.3, -0.25) is 4.79 Å². The van der Waals surface area contributed by atoms with E-state index in [0.717, 1.165) is 17.3 Å². The molecule has 0 aliphatic rings. The van der Waals surface area contributed by atoms with Gasteiger partial charge in [-0.2, -0.15) is 0 Å². The summed E-state index contributed by atoms with van der Waals surface area (Å²) in [5.41, 5.74) is 6.88. The second kappa shape index (κ2) is 6.45. The lowest BCUT2D eigenvalue weighted by molar-refractivity contribution is 0.0793. The Bertz CT molecular complexity index is 418. The van der Waals surface area contributed by atoms with E-state index in [-0.39, 0.29) is 5.91 Å². The first-order valence-corrected chi connectivity index (χ1v) is 6.27. The van der Waals surface area contributed by atoms with Gasteiger partial charge in [0.15, 0.2) is 0 Å². The maximum absolute atomic E-state index is 12.1. The second-order valence-electron chi connectivity index (χ2n) is 3.90. The van der Waals surface area contributed by atoms with E-state index < -0.39 is 0 Å². The predicted molar refractivity (Wildman–Crippen MR) is 74.9 cm³/mol. The molecule has 0 fully saturated rings. The molecule has 1 rings (SSSR count). The quantitative estimate of drug-likeness (QED) is 0.516. The SMILES string of the molecule is C=CCCCN(C)C(=O)c1cc(N)ccc1Br. The molecule has 4 heteroatoms.